The molecule has 3 aromatic heterocycles. The number of rotatable bonds is 6. The molecule has 1 saturated heterocycles. The largest absolute Gasteiger partial charge is 0.444 e. The number of likely N-dealkylation sites (tertiary alicyclic amines) is 1. The van der Waals surface area contributed by atoms with Crippen molar-refractivity contribution in [2.24, 2.45) is 0 Å². The van der Waals surface area contributed by atoms with Crippen LogP contribution in [0.3, 0.4) is 0 Å². The third-order valence-corrected chi connectivity index (χ3v) is 10.1. The maximum absolute atomic E-state index is 13.7. The Hall–Kier alpha value is -4.41. The number of carbonyl (C=O) groups excluding carboxylic acids is 1. The second-order valence-corrected chi connectivity index (χ2v) is 14.7. The van der Waals surface area contributed by atoms with Gasteiger partial charge in [-0.15, -0.1) is 0 Å². The Morgan fingerprint density at radius 1 is 0.978 bits per heavy atom. The summed E-state index contributed by atoms with van der Waals surface area (Å²) in [7, 11) is -3.91. The van der Waals surface area contributed by atoms with E-state index in [-0.39, 0.29) is 17.0 Å². The highest BCUT2D eigenvalue weighted by molar-refractivity contribution is 7.90. The molecule has 46 heavy (non-hydrogen) atoms. The third kappa shape index (κ3) is 6.45. The summed E-state index contributed by atoms with van der Waals surface area (Å²) < 4.78 is 36.2. The van der Waals surface area contributed by atoms with Crippen molar-refractivity contribution in [3.05, 3.63) is 101 Å². The molecule has 0 aliphatic carbocycles. The number of fused-ring (bicyclic) bond motifs is 1. The first kappa shape index (κ1) is 31.6. The zero-order chi connectivity index (χ0) is 32.6. The number of nitrogens with zero attached hydrogens (tertiary/aromatic N) is 5. The summed E-state index contributed by atoms with van der Waals surface area (Å²) in [5.74, 6) is 0. The Morgan fingerprint density at radius 3 is 2.41 bits per heavy atom. The second-order valence-electron chi connectivity index (χ2n) is 12.5. The summed E-state index contributed by atoms with van der Waals surface area (Å²) in [6, 6.07) is 16.1. The summed E-state index contributed by atoms with van der Waals surface area (Å²) in [5.41, 5.74) is 4.01. The molecular weight excluding hydrogens is 622 g/mol. The quantitative estimate of drug-likeness (QED) is 0.184. The predicted octanol–water partition coefficient (Wildman–Crippen LogP) is 7.84. The van der Waals surface area contributed by atoms with Crippen molar-refractivity contribution in [3.8, 4) is 11.1 Å². The van der Waals surface area contributed by atoms with Crippen LogP contribution in [0.25, 0.3) is 34.3 Å². The standard InChI is InChI=1S/C35H36ClN5O4S/c1-24-9-8-12-32(36)30(24)14-13-25-23-41(46(43,44)29-10-6-5-7-11-29)33-31(25)19-26(20-37-33)27-21-38-40(22-27)28-15-17-39(18-16-28)34(42)45-35(2,3)4/h5-14,19-23,28H,15-18H2,1-4H3/b14-13-. The van der Waals surface area contributed by atoms with Gasteiger partial charge in [-0.05, 0) is 75.9 Å². The van der Waals surface area contributed by atoms with Crippen LogP contribution in [0.15, 0.2) is 84.3 Å². The van der Waals surface area contributed by atoms with E-state index in [0.717, 1.165) is 35.1 Å². The molecule has 9 nitrogen and oxygen atoms in total. The molecule has 1 fully saturated rings. The van der Waals surface area contributed by atoms with Gasteiger partial charge in [-0.25, -0.2) is 22.2 Å². The Morgan fingerprint density at radius 2 is 1.72 bits per heavy atom. The monoisotopic (exact) mass is 657 g/mol. The lowest BCUT2D eigenvalue weighted by molar-refractivity contribution is 0.0184. The number of pyridine rings is 1. The molecule has 6 rings (SSSR count). The number of hydrogen-bond donors (Lipinski definition) is 0. The average molecular weight is 658 g/mol. The van der Waals surface area contributed by atoms with Gasteiger partial charge >= 0.3 is 6.09 Å². The maximum atomic E-state index is 13.7. The fourth-order valence-electron chi connectivity index (χ4n) is 5.64. The molecule has 0 atom stereocenters. The molecule has 238 valence electrons. The molecule has 0 saturated carbocycles. The highest BCUT2D eigenvalue weighted by Gasteiger charge is 2.28. The van der Waals surface area contributed by atoms with Gasteiger partial charge in [-0.1, -0.05) is 54.1 Å². The van der Waals surface area contributed by atoms with Crippen molar-refractivity contribution >= 4 is 50.9 Å². The van der Waals surface area contributed by atoms with Crippen molar-refractivity contribution in [2.75, 3.05) is 13.1 Å². The zero-order valence-corrected chi connectivity index (χ0v) is 27.8. The van der Waals surface area contributed by atoms with Gasteiger partial charge in [-0.2, -0.15) is 5.10 Å². The van der Waals surface area contributed by atoms with Gasteiger partial charge in [0.2, 0.25) is 0 Å². The SMILES string of the molecule is Cc1cccc(Cl)c1/C=C\c1cn(S(=O)(=O)c2ccccc2)c2ncc(-c3cnn(C4CCN(C(=O)OC(C)(C)C)CC4)c3)cc12. The van der Waals surface area contributed by atoms with Crippen molar-refractivity contribution in [2.45, 2.75) is 57.1 Å². The second kappa shape index (κ2) is 12.4. The number of aromatic nitrogens is 4. The molecular formula is C35H36ClN5O4S. The van der Waals surface area contributed by atoms with Crippen LogP contribution in [-0.2, 0) is 14.8 Å². The topological polar surface area (TPSA) is 99.3 Å². The average Bonchev–Trinajstić information content (AvgIpc) is 3.66. The minimum absolute atomic E-state index is 0.138. The van der Waals surface area contributed by atoms with Crippen LogP contribution in [0, 0.1) is 6.92 Å². The highest BCUT2D eigenvalue weighted by Crippen LogP contribution is 2.32. The lowest BCUT2D eigenvalue weighted by Gasteiger charge is -2.33. The Balaban J connectivity index is 1.33. The van der Waals surface area contributed by atoms with E-state index >= 15 is 0 Å². The van der Waals surface area contributed by atoms with Crippen LogP contribution in [0.5, 0.6) is 0 Å². The molecule has 0 N–H and O–H groups in total. The Kier molecular flexibility index (Phi) is 8.52. The molecule has 0 bridgehead atoms. The van der Waals surface area contributed by atoms with Crippen molar-refractivity contribution in [3.63, 3.8) is 0 Å². The number of hydrogen-bond acceptors (Lipinski definition) is 6. The van der Waals surface area contributed by atoms with E-state index in [1.165, 1.54) is 3.97 Å². The van der Waals surface area contributed by atoms with Crippen LogP contribution in [0.2, 0.25) is 5.02 Å². The first-order valence-electron chi connectivity index (χ1n) is 15.2. The molecule has 2 aromatic carbocycles. The van der Waals surface area contributed by atoms with Crippen LogP contribution in [0.4, 0.5) is 4.79 Å². The minimum Gasteiger partial charge on any atom is -0.444 e. The van der Waals surface area contributed by atoms with Gasteiger partial charge in [0, 0.05) is 58.8 Å². The third-order valence-electron chi connectivity index (χ3n) is 8.07. The lowest BCUT2D eigenvalue weighted by atomic mass is 10.0. The normalized spacial score (nSPS) is 14.8. The van der Waals surface area contributed by atoms with Gasteiger partial charge < -0.3 is 9.64 Å². The first-order chi connectivity index (χ1) is 21.9. The van der Waals surface area contributed by atoms with Crippen molar-refractivity contribution in [1.29, 1.82) is 0 Å². The van der Waals surface area contributed by atoms with Crippen LogP contribution in [-0.4, -0.2) is 56.8 Å². The van der Waals surface area contributed by atoms with Gasteiger partial charge in [-0.3, -0.25) is 4.68 Å². The summed E-state index contributed by atoms with van der Waals surface area (Å²) in [6.07, 6.45) is 12.1. The van der Waals surface area contributed by atoms with Gasteiger partial charge in [0.15, 0.2) is 5.65 Å². The van der Waals surface area contributed by atoms with E-state index in [0.29, 0.717) is 34.7 Å². The zero-order valence-electron chi connectivity index (χ0n) is 26.2. The van der Waals surface area contributed by atoms with Crippen molar-refractivity contribution < 1.29 is 17.9 Å². The molecule has 0 spiro atoms. The number of amides is 1. The van der Waals surface area contributed by atoms with E-state index in [1.54, 1.807) is 53.8 Å². The number of piperidine rings is 1. The Bertz CT molecular complexity index is 2020. The van der Waals surface area contributed by atoms with Gasteiger partial charge in [0.1, 0.15) is 5.60 Å². The van der Waals surface area contributed by atoms with E-state index < -0.39 is 15.6 Å². The predicted molar refractivity (Wildman–Crippen MR) is 181 cm³/mol. The van der Waals surface area contributed by atoms with Gasteiger partial charge in [0.05, 0.1) is 17.1 Å². The smallest absolute Gasteiger partial charge is 0.410 e. The maximum Gasteiger partial charge on any atom is 0.410 e. The van der Waals surface area contributed by atoms with Crippen LogP contribution < -0.4 is 0 Å². The van der Waals surface area contributed by atoms with Crippen LogP contribution in [0.1, 0.15) is 56.3 Å². The van der Waals surface area contributed by atoms with Crippen LogP contribution >= 0.6 is 11.6 Å². The van der Waals surface area contributed by atoms with E-state index in [9.17, 15) is 13.2 Å². The minimum atomic E-state index is -3.91. The molecule has 11 heteroatoms. The van der Waals surface area contributed by atoms with E-state index in [2.05, 4.69) is 10.1 Å². The molecule has 1 amide bonds. The van der Waals surface area contributed by atoms with Crippen molar-refractivity contribution in [1.82, 2.24) is 23.6 Å². The number of ether oxygens (including phenoxy) is 1. The summed E-state index contributed by atoms with van der Waals surface area (Å²) in [6.45, 7) is 8.76. The first-order valence-corrected chi connectivity index (χ1v) is 17.0. The number of carbonyl (C=O) groups is 1. The molecule has 5 aromatic rings. The van der Waals surface area contributed by atoms with E-state index in [1.807, 2.05) is 75.0 Å². The molecule has 0 radical (unpaired) electrons. The van der Waals surface area contributed by atoms with E-state index in [4.69, 9.17) is 16.3 Å². The molecule has 1 aliphatic rings. The molecule has 1 aliphatic heterocycles. The highest BCUT2D eigenvalue weighted by atomic mass is 35.5. The summed E-state index contributed by atoms with van der Waals surface area (Å²) >= 11 is 6.49. The number of aryl methyl sites for hydroxylation is 1. The molecule has 4 heterocycles. The number of halogens is 1. The fraction of sp³-hybridized carbons (Fsp3) is 0.286. The summed E-state index contributed by atoms with van der Waals surface area (Å²) in [5, 5.41) is 5.94. The van der Waals surface area contributed by atoms with Gasteiger partial charge in [0.25, 0.3) is 10.0 Å². The lowest BCUT2D eigenvalue weighted by Crippen LogP contribution is -2.42. The summed E-state index contributed by atoms with van der Waals surface area (Å²) in [4.78, 5) is 19.1. The number of benzene rings is 2. The molecule has 0 unspecified atom stereocenters. The fourth-order valence-corrected chi connectivity index (χ4v) is 7.28. The Labute approximate surface area is 274 Å².